The predicted molar refractivity (Wildman–Crippen MR) is 95.6 cm³/mol. The molecule has 0 fully saturated rings. The van der Waals surface area contributed by atoms with E-state index in [0.717, 1.165) is 17.7 Å². The normalized spacial score (nSPS) is 11.2. The molecule has 0 heterocycles. The van der Waals surface area contributed by atoms with Gasteiger partial charge in [-0.2, -0.15) is 0 Å². The molecular weight excluding hydrogens is 322 g/mol. The third-order valence-electron chi connectivity index (χ3n) is 3.59. The maximum Gasteiger partial charge on any atom is 0.336 e. The second-order valence-electron chi connectivity index (χ2n) is 5.54. The predicted octanol–water partition coefficient (Wildman–Crippen LogP) is 4.32. The average Bonchev–Trinajstić information content (AvgIpc) is 2.58. The van der Waals surface area contributed by atoms with Crippen molar-refractivity contribution in [1.29, 1.82) is 0 Å². The van der Waals surface area contributed by atoms with Gasteiger partial charge in [-0.1, -0.05) is 13.0 Å². The number of benzene rings is 2. The van der Waals surface area contributed by atoms with Crippen molar-refractivity contribution in [2.75, 3.05) is 6.61 Å². The Balaban J connectivity index is 2.35. The molecule has 0 aliphatic carbocycles. The Bertz CT molecular complexity index is 809. The second kappa shape index (κ2) is 8.10. The van der Waals surface area contributed by atoms with E-state index in [9.17, 15) is 20.0 Å². The third-order valence-corrected chi connectivity index (χ3v) is 3.59. The van der Waals surface area contributed by atoms with Gasteiger partial charge in [-0.25, -0.2) is 4.79 Å². The maximum atomic E-state index is 11.6. The number of carboxylic acid groups (broad SMARTS) is 1. The van der Waals surface area contributed by atoms with E-state index in [4.69, 9.17) is 4.74 Å². The quantitative estimate of drug-likeness (QED) is 0.351. The molecule has 0 saturated carbocycles. The Labute approximate surface area is 145 Å². The van der Waals surface area contributed by atoms with Gasteiger partial charge in [0, 0.05) is 12.1 Å². The topological polar surface area (TPSA) is 89.7 Å². The second-order valence-corrected chi connectivity index (χ2v) is 5.54. The zero-order valence-electron chi connectivity index (χ0n) is 14.1. The number of aryl methyl sites for hydroxylation is 1. The van der Waals surface area contributed by atoms with Crippen LogP contribution in [0.15, 0.2) is 42.5 Å². The van der Waals surface area contributed by atoms with E-state index in [-0.39, 0.29) is 11.3 Å². The monoisotopic (exact) mass is 341 g/mol. The summed E-state index contributed by atoms with van der Waals surface area (Å²) in [4.78, 5) is 21.8. The van der Waals surface area contributed by atoms with Gasteiger partial charge in [0.1, 0.15) is 5.75 Å². The first-order valence-electron chi connectivity index (χ1n) is 7.85. The molecule has 0 aliphatic heterocycles. The van der Waals surface area contributed by atoms with Crippen molar-refractivity contribution in [3.8, 4) is 5.75 Å². The minimum absolute atomic E-state index is 0.0395. The van der Waals surface area contributed by atoms with Gasteiger partial charge >= 0.3 is 5.97 Å². The Morgan fingerprint density at radius 2 is 1.92 bits per heavy atom. The van der Waals surface area contributed by atoms with E-state index in [2.05, 4.69) is 0 Å². The fourth-order valence-electron chi connectivity index (χ4n) is 2.32. The maximum absolute atomic E-state index is 11.6. The molecule has 0 bridgehead atoms. The van der Waals surface area contributed by atoms with E-state index < -0.39 is 10.9 Å². The van der Waals surface area contributed by atoms with Crippen LogP contribution < -0.4 is 4.74 Å². The molecule has 6 heteroatoms. The van der Waals surface area contributed by atoms with E-state index in [1.54, 1.807) is 18.2 Å². The van der Waals surface area contributed by atoms with Crippen molar-refractivity contribution in [2.24, 2.45) is 0 Å². The van der Waals surface area contributed by atoms with Crippen molar-refractivity contribution in [1.82, 2.24) is 0 Å². The highest BCUT2D eigenvalue weighted by Gasteiger charge is 2.13. The Morgan fingerprint density at radius 1 is 1.24 bits per heavy atom. The number of non-ortho nitro benzene ring substituents is 1. The van der Waals surface area contributed by atoms with Crippen LogP contribution in [0.5, 0.6) is 5.75 Å². The molecule has 0 aliphatic rings. The lowest BCUT2D eigenvalue weighted by Crippen LogP contribution is -2.02. The highest BCUT2D eigenvalue weighted by molar-refractivity contribution is 6.20. The summed E-state index contributed by atoms with van der Waals surface area (Å²) >= 11 is 0. The van der Waals surface area contributed by atoms with Gasteiger partial charge in [0.05, 0.1) is 17.1 Å². The number of nitro benzene ring substituents is 1. The molecule has 0 amide bonds. The molecule has 6 nitrogen and oxygen atoms in total. The van der Waals surface area contributed by atoms with Crippen LogP contribution >= 0.6 is 0 Å². The molecule has 1 N–H and O–H groups in total. The number of hydrogen-bond donors (Lipinski definition) is 1. The van der Waals surface area contributed by atoms with Crippen LogP contribution in [-0.4, -0.2) is 22.6 Å². The van der Waals surface area contributed by atoms with Crippen molar-refractivity contribution in [3.63, 3.8) is 0 Å². The van der Waals surface area contributed by atoms with Gasteiger partial charge in [0.2, 0.25) is 0 Å². The molecule has 2 aromatic carbocycles. The highest BCUT2D eigenvalue weighted by atomic mass is 16.6. The number of hydrogen-bond acceptors (Lipinski definition) is 4. The molecule has 0 radical (unpaired) electrons. The molecule has 130 valence electrons. The van der Waals surface area contributed by atoms with E-state index in [0.29, 0.717) is 17.7 Å². The minimum Gasteiger partial charge on any atom is -0.493 e. The lowest BCUT2D eigenvalue weighted by molar-refractivity contribution is -0.384. The van der Waals surface area contributed by atoms with Gasteiger partial charge in [-0.3, -0.25) is 10.1 Å². The smallest absolute Gasteiger partial charge is 0.336 e. The lowest BCUT2D eigenvalue weighted by atomic mass is 10.0. The fraction of sp³-hybridized carbons (Fsp3) is 0.211. The Morgan fingerprint density at radius 3 is 2.44 bits per heavy atom. The van der Waals surface area contributed by atoms with Gasteiger partial charge in [0.15, 0.2) is 0 Å². The summed E-state index contributed by atoms with van der Waals surface area (Å²) in [5, 5.41) is 20.2. The minimum atomic E-state index is -1.07. The number of rotatable bonds is 7. The van der Waals surface area contributed by atoms with E-state index in [1.165, 1.54) is 30.3 Å². The Hall–Kier alpha value is -3.15. The van der Waals surface area contributed by atoms with Crippen molar-refractivity contribution < 1.29 is 19.6 Å². The van der Waals surface area contributed by atoms with Crippen LogP contribution in [0.3, 0.4) is 0 Å². The standard InChI is InChI=1S/C19H19NO5/c1-3-10-25-18-9-6-15(11-13(18)2)17(19(21)22)12-14-4-7-16(8-5-14)20(23)24/h4-9,11-12H,3,10H2,1-2H3,(H,21,22)/b17-12-. The molecule has 0 saturated heterocycles. The number of carboxylic acids is 1. The molecular formula is C19H19NO5. The zero-order chi connectivity index (χ0) is 18.4. The van der Waals surface area contributed by atoms with Crippen LogP contribution in [-0.2, 0) is 4.79 Å². The van der Waals surface area contributed by atoms with Crippen LogP contribution in [0.1, 0.15) is 30.0 Å². The molecule has 2 rings (SSSR count). The van der Waals surface area contributed by atoms with Gasteiger partial charge in [0.25, 0.3) is 5.69 Å². The summed E-state index contributed by atoms with van der Waals surface area (Å²) in [6.07, 6.45) is 2.38. The average molecular weight is 341 g/mol. The van der Waals surface area contributed by atoms with Crippen LogP contribution in [0.2, 0.25) is 0 Å². The first-order valence-corrected chi connectivity index (χ1v) is 7.85. The Kier molecular flexibility index (Phi) is 5.89. The van der Waals surface area contributed by atoms with Crippen molar-refractivity contribution >= 4 is 23.3 Å². The van der Waals surface area contributed by atoms with Gasteiger partial charge < -0.3 is 9.84 Å². The van der Waals surface area contributed by atoms with Crippen LogP contribution in [0.4, 0.5) is 5.69 Å². The third kappa shape index (κ3) is 4.67. The summed E-state index contributed by atoms with van der Waals surface area (Å²) in [6.45, 7) is 4.48. The summed E-state index contributed by atoms with van der Waals surface area (Å²) < 4.78 is 5.60. The number of carbonyl (C=O) groups is 1. The van der Waals surface area contributed by atoms with Crippen LogP contribution in [0.25, 0.3) is 11.6 Å². The summed E-state index contributed by atoms with van der Waals surface area (Å²) in [5.74, 6) is -0.342. The first-order chi connectivity index (χ1) is 11.9. The zero-order valence-corrected chi connectivity index (χ0v) is 14.1. The van der Waals surface area contributed by atoms with Crippen molar-refractivity contribution in [2.45, 2.75) is 20.3 Å². The molecule has 0 spiro atoms. The first kappa shape index (κ1) is 18.2. The van der Waals surface area contributed by atoms with Crippen molar-refractivity contribution in [3.05, 3.63) is 69.3 Å². The molecule has 2 aromatic rings. The van der Waals surface area contributed by atoms with E-state index in [1.807, 2.05) is 13.8 Å². The van der Waals surface area contributed by atoms with Gasteiger partial charge in [-0.15, -0.1) is 0 Å². The summed E-state index contributed by atoms with van der Waals surface area (Å²) in [5.41, 5.74) is 2.04. The summed E-state index contributed by atoms with van der Waals surface area (Å²) in [6, 6.07) is 10.9. The number of nitro groups is 1. The molecule has 0 aromatic heterocycles. The number of nitrogens with zero attached hydrogens (tertiary/aromatic N) is 1. The fourth-order valence-corrected chi connectivity index (χ4v) is 2.32. The largest absolute Gasteiger partial charge is 0.493 e. The lowest BCUT2D eigenvalue weighted by Gasteiger charge is -2.10. The SMILES string of the molecule is CCCOc1ccc(/C(=C/c2ccc([N+](=O)[O-])cc2)C(=O)O)cc1C. The molecule has 0 unspecified atom stereocenters. The van der Waals surface area contributed by atoms with E-state index >= 15 is 0 Å². The summed E-state index contributed by atoms with van der Waals surface area (Å²) in [7, 11) is 0. The number of ether oxygens (including phenoxy) is 1. The highest BCUT2D eigenvalue weighted by Crippen LogP contribution is 2.26. The molecule has 0 atom stereocenters. The van der Waals surface area contributed by atoms with Gasteiger partial charge in [-0.05, 0) is 60.4 Å². The van der Waals surface area contributed by atoms with Crippen LogP contribution in [0, 0.1) is 17.0 Å². The number of aliphatic carboxylic acids is 1. The molecule has 25 heavy (non-hydrogen) atoms.